The Morgan fingerprint density at radius 3 is 2.77 bits per heavy atom. The number of aliphatic imine (C=N–C) groups is 1. The third-order valence-electron chi connectivity index (χ3n) is 3.16. The van der Waals surface area contributed by atoms with Crippen molar-refractivity contribution in [3.63, 3.8) is 0 Å². The van der Waals surface area contributed by atoms with Crippen LogP contribution in [0.5, 0.6) is 0 Å². The number of aromatic nitrogens is 2. The lowest BCUT2D eigenvalue weighted by Gasteiger charge is -2.10. The Bertz CT molecular complexity index is 690. The topological polar surface area (TPSA) is 50.2 Å². The van der Waals surface area contributed by atoms with E-state index >= 15 is 0 Å². The first-order chi connectivity index (χ1) is 10.7. The van der Waals surface area contributed by atoms with E-state index in [0.717, 1.165) is 29.1 Å². The van der Waals surface area contributed by atoms with Crippen molar-refractivity contribution in [1.82, 2.24) is 15.3 Å². The zero-order valence-corrected chi connectivity index (χ0v) is 13.0. The summed E-state index contributed by atoms with van der Waals surface area (Å²) in [6.45, 7) is 3.99. The summed E-state index contributed by atoms with van der Waals surface area (Å²) in [6, 6.07) is 4.98. The minimum Gasteiger partial charge on any atom is -0.347 e. The van der Waals surface area contributed by atoms with Crippen molar-refractivity contribution >= 4 is 5.84 Å². The molecule has 2 aromatic heterocycles. The van der Waals surface area contributed by atoms with Crippen LogP contribution in [0.3, 0.4) is 0 Å². The van der Waals surface area contributed by atoms with Crippen molar-refractivity contribution in [2.45, 2.75) is 20.3 Å². The van der Waals surface area contributed by atoms with E-state index < -0.39 is 0 Å². The van der Waals surface area contributed by atoms with Crippen LogP contribution in [0.25, 0.3) is 11.3 Å². The highest BCUT2D eigenvalue weighted by Crippen LogP contribution is 2.19. The van der Waals surface area contributed by atoms with Crippen molar-refractivity contribution in [1.29, 1.82) is 0 Å². The fourth-order valence-electron chi connectivity index (χ4n) is 1.98. The summed E-state index contributed by atoms with van der Waals surface area (Å²) in [5, 5.41) is 3.16. The van der Waals surface area contributed by atoms with Crippen LogP contribution in [-0.2, 0) is 0 Å². The van der Waals surface area contributed by atoms with Crippen molar-refractivity contribution in [3.8, 4) is 11.3 Å². The van der Waals surface area contributed by atoms with Crippen LogP contribution in [0.2, 0.25) is 0 Å². The molecule has 0 aliphatic rings. The molecule has 0 aliphatic heterocycles. The lowest BCUT2D eigenvalue weighted by Crippen LogP contribution is -2.20. The Balaban J connectivity index is 2.37. The van der Waals surface area contributed by atoms with Crippen molar-refractivity contribution < 1.29 is 4.39 Å². The van der Waals surface area contributed by atoms with E-state index in [1.165, 1.54) is 12.3 Å². The molecule has 4 nitrogen and oxygen atoms in total. The van der Waals surface area contributed by atoms with Gasteiger partial charge in [-0.05, 0) is 37.7 Å². The summed E-state index contributed by atoms with van der Waals surface area (Å²) in [7, 11) is 1.73. The predicted octanol–water partition coefficient (Wildman–Crippen LogP) is 3.48. The number of hydrogen-bond donors (Lipinski definition) is 1. The van der Waals surface area contributed by atoms with Gasteiger partial charge in [0.15, 0.2) is 0 Å². The van der Waals surface area contributed by atoms with E-state index in [0.29, 0.717) is 5.69 Å². The average Bonchev–Trinajstić information content (AvgIpc) is 2.53. The molecule has 2 aromatic rings. The molecule has 0 bridgehead atoms. The summed E-state index contributed by atoms with van der Waals surface area (Å²) in [5.41, 5.74) is 3.26. The predicted molar refractivity (Wildman–Crippen MR) is 87.2 cm³/mol. The zero-order chi connectivity index (χ0) is 15.9. The Morgan fingerprint density at radius 1 is 1.32 bits per heavy atom. The molecule has 0 aromatic carbocycles. The lowest BCUT2D eigenvalue weighted by molar-refractivity contribution is 0.622. The van der Waals surface area contributed by atoms with Gasteiger partial charge in [-0.3, -0.25) is 15.0 Å². The number of aryl methyl sites for hydroxylation is 1. The van der Waals surface area contributed by atoms with E-state index in [4.69, 9.17) is 0 Å². The summed E-state index contributed by atoms with van der Waals surface area (Å²) in [4.78, 5) is 12.8. The van der Waals surface area contributed by atoms with E-state index in [2.05, 4.69) is 27.2 Å². The van der Waals surface area contributed by atoms with Gasteiger partial charge >= 0.3 is 0 Å². The number of hydrogen-bond acceptors (Lipinski definition) is 3. The molecule has 0 amide bonds. The number of halogens is 1. The Morgan fingerprint density at radius 2 is 2.14 bits per heavy atom. The third kappa shape index (κ3) is 3.75. The van der Waals surface area contributed by atoms with Crippen molar-refractivity contribution in [2.24, 2.45) is 4.99 Å². The maximum Gasteiger partial charge on any atom is 0.141 e. The zero-order valence-electron chi connectivity index (χ0n) is 13.0. The molecule has 2 heterocycles. The lowest BCUT2D eigenvalue weighted by atomic mass is 10.1. The molecule has 0 fully saturated rings. The minimum atomic E-state index is -0.355. The quantitative estimate of drug-likeness (QED) is 0.694. The maximum absolute atomic E-state index is 13.0. The molecule has 22 heavy (non-hydrogen) atoms. The molecular weight excluding hydrogens is 279 g/mol. The minimum absolute atomic E-state index is 0.355. The number of nitrogens with zero attached hydrogens (tertiary/aromatic N) is 3. The average molecular weight is 298 g/mol. The van der Waals surface area contributed by atoms with E-state index in [9.17, 15) is 4.39 Å². The van der Waals surface area contributed by atoms with Gasteiger partial charge in [0, 0.05) is 30.1 Å². The van der Waals surface area contributed by atoms with E-state index in [1.54, 1.807) is 19.3 Å². The van der Waals surface area contributed by atoms with Crippen LogP contribution in [0.1, 0.15) is 24.6 Å². The van der Waals surface area contributed by atoms with Crippen LogP contribution >= 0.6 is 0 Å². The molecule has 5 heteroatoms. The van der Waals surface area contributed by atoms with Crippen molar-refractivity contribution in [2.75, 3.05) is 7.05 Å². The molecule has 0 saturated heterocycles. The first-order valence-corrected chi connectivity index (χ1v) is 7.13. The summed E-state index contributed by atoms with van der Waals surface area (Å²) >= 11 is 0. The smallest absolute Gasteiger partial charge is 0.141 e. The fraction of sp³-hybridized carbons (Fsp3) is 0.235. The highest BCUT2D eigenvalue weighted by Gasteiger charge is 2.09. The van der Waals surface area contributed by atoms with Crippen LogP contribution in [-0.4, -0.2) is 22.9 Å². The Kier molecular flexibility index (Phi) is 5.36. The molecule has 0 spiro atoms. The SMILES string of the molecule is CC/C=C/NC(=NC)c1cc(-c2ccc(F)cn2)cnc1C. The van der Waals surface area contributed by atoms with Gasteiger partial charge in [0.2, 0.25) is 0 Å². The Labute approximate surface area is 129 Å². The summed E-state index contributed by atoms with van der Waals surface area (Å²) in [5.74, 6) is 0.380. The number of nitrogens with one attached hydrogen (secondary N) is 1. The monoisotopic (exact) mass is 298 g/mol. The van der Waals surface area contributed by atoms with Gasteiger partial charge < -0.3 is 5.32 Å². The van der Waals surface area contributed by atoms with Gasteiger partial charge in [-0.2, -0.15) is 0 Å². The molecule has 0 atom stereocenters. The Hall–Kier alpha value is -2.56. The normalized spacial score (nSPS) is 11.9. The highest BCUT2D eigenvalue weighted by molar-refractivity contribution is 6.01. The van der Waals surface area contributed by atoms with Gasteiger partial charge in [0.1, 0.15) is 11.7 Å². The molecule has 0 radical (unpaired) electrons. The molecule has 0 aliphatic carbocycles. The van der Waals surface area contributed by atoms with Crippen LogP contribution in [0, 0.1) is 12.7 Å². The van der Waals surface area contributed by atoms with E-state index in [1.807, 2.05) is 25.3 Å². The highest BCUT2D eigenvalue weighted by atomic mass is 19.1. The van der Waals surface area contributed by atoms with E-state index in [-0.39, 0.29) is 5.82 Å². The molecule has 2 rings (SSSR count). The van der Waals surface area contributed by atoms with Gasteiger partial charge in [0.05, 0.1) is 11.9 Å². The maximum atomic E-state index is 13.0. The number of allylic oxidation sites excluding steroid dienone is 1. The van der Waals surface area contributed by atoms with Gasteiger partial charge in [0.25, 0.3) is 0 Å². The third-order valence-corrected chi connectivity index (χ3v) is 3.16. The van der Waals surface area contributed by atoms with Gasteiger partial charge in [-0.1, -0.05) is 13.0 Å². The van der Waals surface area contributed by atoms with Crippen LogP contribution < -0.4 is 5.32 Å². The van der Waals surface area contributed by atoms with Crippen LogP contribution in [0.15, 0.2) is 47.9 Å². The fourth-order valence-corrected chi connectivity index (χ4v) is 1.98. The van der Waals surface area contributed by atoms with Crippen molar-refractivity contribution in [3.05, 3.63) is 59.9 Å². The molecule has 1 N–H and O–H groups in total. The number of rotatable bonds is 4. The molecular formula is C17H19FN4. The second-order valence-corrected chi connectivity index (χ2v) is 4.75. The first kappa shape index (κ1) is 15.8. The number of amidine groups is 1. The number of pyridine rings is 2. The summed E-state index contributed by atoms with van der Waals surface area (Å²) < 4.78 is 13.0. The second-order valence-electron chi connectivity index (χ2n) is 4.75. The second kappa shape index (κ2) is 7.45. The molecule has 114 valence electrons. The van der Waals surface area contributed by atoms with Crippen LogP contribution in [0.4, 0.5) is 4.39 Å². The molecule has 0 saturated carbocycles. The van der Waals surface area contributed by atoms with Gasteiger partial charge in [-0.25, -0.2) is 4.39 Å². The summed E-state index contributed by atoms with van der Waals surface area (Å²) in [6.07, 6.45) is 7.75. The largest absolute Gasteiger partial charge is 0.347 e. The first-order valence-electron chi connectivity index (χ1n) is 7.13. The standard InChI is InChI=1S/C17H19FN4/c1-4-5-8-20-17(19-3)15-9-13(10-21-12(15)2)16-7-6-14(18)11-22-16/h5-11H,4H2,1-3H3,(H,19,20)/b8-5+. The molecule has 0 unspecified atom stereocenters. The van der Waals surface area contributed by atoms with Gasteiger partial charge in [-0.15, -0.1) is 0 Å².